The molecular formula is C14H19N5O. The topological polar surface area (TPSA) is 77.0 Å². The van der Waals surface area contributed by atoms with E-state index >= 15 is 0 Å². The van der Waals surface area contributed by atoms with Gasteiger partial charge in [0.2, 0.25) is 11.9 Å². The van der Waals surface area contributed by atoms with Crippen LogP contribution in [0.4, 0.5) is 5.95 Å². The summed E-state index contributed by atoms with van der Waals surface area (Å²) in [7, 11) is 1.80. The van der Waals surface area contributed by atoms with Gasteiger partial charge in [-0.15, -0.1) is 5.10 Å². The summed E-state index contributed by atoms with van der Waals surface area (Å²) in [5.74, 6) is 0.187. The molecule has 6 nitrogen and oxygen atoms in total. The Morgan fingerprint density at radius 3 is 2.75 bits per heavy atom. The lowest BCUT2D eigenvalue weighted by molar-refractivity contribution is -0.130. The summed E-state index contributed by atoms with van der Waals surface area (Å²) in [5, 5.41) is 3.90. The van der Waals surface area contributed by atoms with Crippen LogP contribution in [0.2, 0.25) is 0 Å². The Kier molecular flexibility index (Phi) is 4.70. The van der Waals surface area contributed by atoms with Crippen molar-refractivity contribution in [3.63, 3.8) is 0 Å². The van der Waals surface area contributed by atoms with Crippen molar-refractivity contribution < 1.29 is 4.79 Å². The van der Waals surface area contributed by atoms with E-state index in [9.17, 15) is 4.79 Å². The molecule has 0 unspecified atom stereocenters. The summed E-state index contributed by atoms with van der Waals surface area (Å²) in [5.41, 5.74) is 6.70. The van der Waals surface area contributed by atoms with Gasteiger partial charge in [-0.25, -0.2) is 9.67 Å². The molecule has 0 saturated carbocycles. The van der Waals surface area contributed by atoms with Gasteiger partial charge in [0, 0.05) is 13.6 Å². The first-order chi connectivity index (χ1) is 9.65. The third-order valence-corrected chi connectivity index (χ3v) is 3.08. The number of aryl methyl sites for hydroxylation is 1. The lowest BCUT2D eigenvalue weighted by Gasteiger charge is -2.16. The number of likely N-dealkylation sites (N-methyl/N-ethyl adjacent to an activating group) is 1. The van der Waals surface area contributed by atoms with E-state index in [1.807, 2.05) is 18.2 Å². The summed E-state index contributed by atoms with van der Waals surface area (Å²) >= 11 is 0. The second-order valence-electron chi connectivity index (χ2n) is 4.70. The van der Waals surface area contributed by atoms with Gasteiger partial charge in [-0.1, -0.05) is 30.3 Å². The quantitative estimate of drug-likeness (QED) is 0.850. The van der Waals surface area contributed by atoms with E-state index in [1.54, 1.807) is 11.9 Å². The molecule has 0 saturated heterocycles. The average molecular weight is 273 g/mol. The summed E-state index contributed by atoms with van der Waals surface area (Å²) in [6, 6.07) is 10.3. The number of benzene rings is 1. The molecule has 1 amide bonds. The maximum Gasteiger partial charge on any atom is 0.244 e. The van der Waals surface area contributed by atoms with E-state index in [1.165, 1.54) is 16.6 Å². The fraction of sp³-hybridized carbons (Fsp3) is 0.357. The molecule has 2 N–H and O–H groups in total. The van der Waals surface area contributed by atoms with Crippen molar-refractivity contribution in [1.29, 1.82) is 0 Å². The van der Waals surface area contributed by atoms with Crippen LogP contribution in [0.5, 0.6) is 0 Å². The molecule has 6 heteroatoms. The largest absolute Gasteiger partial charge is 0.367 e. The number of nitrogens with zero attached hydrogens (tertiary/aromatic N) is 4. The second kappa shape index (κ2) is 6.70. The highest BCUT2D eigenvalue weighted by Gasteiger charge is 2.10. The summed E-state index contributed by atoms with van der Waals surface area (Å²) in [4.78, 5) is 17.5. The maximum atomic E-state index is 12.0. The molecular weight excluding hydrogens is 254 g/mol. The molecule has 2 rings (SSSR count). The maximum absolute atomic E-state index is 12.0. The minimum atomic E-state index is 0.00274. The smallest absolute Gasteiger partial charge is 0.244 e. The summed E-state index contributed by atoms with van der Waals surface area (Å²) < 4.78 is 1.45. The summed E-state index contributed by atoms with van der Waals surface area (Å²) in [6.45, 7) is 0.893. The highest BCUT2D eigenvalue weighted by atomic mass is 16.2. The van der Waals surface area contributed by atoms with Gasteiger partial charge < -0.3 is 10.6 Å². The number of hydrogen-bond acceptors (Lipinski definition) is 4. The zero-order chi connectivity index (χ0) is 14.4. The lowest BCUT2D eigenvalue weighted by Crippen LogP contribution is -2.31. The van der Waals surface area contributed by atoms with Gasteiger partial charge in [0.15, 0.2) is 0 Å². The van der Waals surface area contributed by atoms with Crippen LogP contribution in [0.15, 0.2) is 36.7 Å². The van der Waals surface area contributed by atoms with Crippen LogP contribution < -0.4 is 5.73 Å². The van der Waals surface area contributed by atoms with Crippen LogP contribution in [0.3, 0.4) is 0 Å². The van der Waals surface area contributed by atoms with E-state index in [0.29, 0.717) is 0 Å². The van der Waals surface area contributed by atoms with Crippen LogP contribution >= 0.6 is 0 Å². The van der Waals surface area contributed by atoms with Gasteiger partial charge in [-0.05, 0) is 18.4 Å². The normalized spacial score (nSPS) is 10.4. The molecule has 1 aromatic heterocycles. The first-order valence-electron chi connectivity index (χ1n) is 6.58. The van der Waals surface area contributed by atoms with E-state index in [2.05, 4.69) is 22.2 Å². The molecule has 20 heavy (non-hydrogen) atoms. The minimum absolute atomic E-state index is 0.00274. The van der Waals surface area contributed by atoms with Crippen LogP contribution in [0, 0.1) is 0 Å². The fourth-order valence-corrected chi connectivity index (χ4v) is 1.93. The van der Waals surface area contributed by atoms with Gasteiger partial charge in [0.1, 0.15) is 12.9 Å². The minimum Gasteiger partial charge on any atom is -0.367 e. The van der Waals surface area contributed by atoms with Crippen LogP contribution in [0.25, 0.3) is 0 Å². The van der Waals surface area contributed by atoms with Crippen molar-refractivity contribution in [2.24, 2.45) is 0 Å². The van der Waals surface area contributed by atoms with Crippen LogP contribution in [0.1, 0.15) is 12.0 Å². The summed E-state index contributed by atoms with van der Waals surface area (Å²) in [6.07, 6.45) is 3.37. The highest BCUT2D eigenvalue weighted by molar-refractivity contribution is 5.75. The van der Waals surface area contributed by atoms with Crippen LogP contribution in [-0.2, 0) is 17.8 Å². The molecule has 0 atom stereocenters. The Morgan fingerprint density at radius 1 is 1.35 bits per heavy atom. The molecule has 0 spiro atoms. The predicted molar refractivity (Wildman–Crippen MR) is 76.8 cm³/mol. The van der Waals surface area contributed by atoms with Crippen LogP contribution in [-0.4, -0.2) is 39.2 Å². The zero-order valence-corrected chi connectivity index (χ0v) is 11.6. The number of nitrogens with two attached hydrogens (primary N) is 1. The van der Waals surface area contributed by atoms with Gasteiger partial charge in [0.05, 0.1) is 0 Å². The Bertz CT molecular complexity index is 552. The van der Waals surface area contributed by atoms with Gasteiger partial charge in [0.25, 0.3) is 0 Å². The van der Waals surface area contributed by atoms with Crippen molar-refractivity contribution in [2.75, 3.05) is 19.3 Å². The van der Waals surface area contributed by atoms with Crippen molar-refractivity contribution in [2.45, 2.75) is 19.4 Å². The number of carbonyl (C=O) groups excluding carboxylic acids is 1. The number of rotatable bonds is 6. The molecule has 1 heterocycles. The predicted octanol–water partition coefficient (Wildman–Crippen LogP) is 0.951. The Labute approximate surface area is 118 Å². The SMILES string of the molecule is CN(CCCc1ccccc1)C(=O)Cn1cnc(N)n1. The molecule has 0 aliphatic rings. The second-order valence-corrected chi connectivity index (χ2v) is 4.70. The monoisotopic (exact) mass is 273 g/mol. The molecule has 0 aliphatic carbocycles. The van der Waals surface area contributed by atoms with E-state index in [0.717, 1.165) is 19.4 Å². The number of nitrogen functional groups attached to an aromatic ring is 1. The van der Waals surface area contributed by atoms with Gasteiger partial charge in [-0.3, -0.25) is 4.79 Å². The average Bonchev–Trinajstić information content (AvgIpc) is 2.85. The molecule has 0 aliphatic heterocycles. The van der Waals surface area contributed by atoms with E-state index in [-0.39, 0.29) is 18.4 Å². The molecule has 2 aromatic rings. The molecule has 0 radical (unpaired) electrons. The van der Waals surface area contributed by atoms with Crippen molar-refractivity contribution >= 4 is 11.9 Å². The third-order valence-electron chi connectivity index (χ3n) is 3.08. The standard InChI is InChI=1S/C14H19N5O/c1-18(9-5-8-12-6-3-2-4-7-12)13(20)10-19-11-16-14(15)17-19/h2-4,6-7,11H,5,8-10H2,1H3,(H2,15,17). The lowest BCUT2D eigenvalue weighted by atomic mass is 10.1. The molecule has 106 valence electrons. The first-order valence-corrected chi connectivity index (χ1v) is 6.58. The number of amides is 1. The highest BCUT2D eigenvalue weighted by Crippen LogP contribution is 2.03. The van der Waals surface area contributed by atoms with Crippen molar-refractivity contribution in [3.8, 4) is 0 Å². The fourth-order valence-electron chi connectivity index (χ4n) is 1.93. The number of carbonyl (C=O) groups is 1. The van der Waals surface area contributed by atoms with E-state index < -0.39 is 0 Å². The molecule has 0 bridgehead atoms. The Morgan fingerprint density at radius 2 is 2.10 bits per heavy atom. The number of aromatic nitrogens is 3. The van der Waals surface area contributed by atoms with Gasteiger partial charge >= 0.3 is 0 Å². The molecule has 1 aromatic carbocycles. The number of hydrogen-bond donors (Lipinski definition) is 1. The third kappa shape index (κ3) is 4.08. The number of anilines is 1. The zero-order valence-electron chi connectivity index (χ0n) is 11.6. The van der Waals surface area contributed by atoms with Crippen molar-refractivity contribution in [1.82, 2.24) is 19.7 Å². The first kappa shape index (κ1) is 14.0. The van der Waals surface area contributed by atoms with Gasteiger partial charge in [-0.2, -0.15) is 0 Å². The Hall–Kier alpha value is -2.37. The Balaban J connectivity index is 1.74. The van der Waals surface area contributed by atoms with Crippen molar-refractivity contribution in [3.05, 3.63) is 42.2 Å². The molecule has 0 fully saturated rings. The van der Waals surface area contributed by atoms with E-state index in [4.69, 9.17) is 5.73 Å².